The molecule has 0 unspecified atom stereocenters. The van der Waals surface area contributed by atoms with Crippen molar-refractivity contribution in [1.82, 2.24) is 15.5 Å². The summed E-state index contributed by atoms with van der Waals surface area (Å²) >= 11 is 6.60. The fraction of sp³-hybridized carbons (Fsp3) is 0.619. The summed E-state index contributed by atoms with van der Waals surface area (Å²) in [5.74, 6) is 0.346. The van der Waals surface area contributed by atoms with E-state index < -0.39 is 0 Å². The average molecular weight is 405 g/mol. The van der Waals surface area contributed by atoms with Crippen molar-refractivity contribution in [3.8, 4) is 0 Å². The fourth-order valence-corrected chi connectivity index (χ4v) is 4.96. The van der Waals surface area contributed by atoms with E-state index in [2.05, 4.69) is 26.5 Å². The Balaban J connectivity index is 1.35. The quantitative estimate of drug-likeness (QED) is 0.751. The van der Waals surface area contributed by atoms with Gasteiger partial charge in [-0.3, -0.25) is 19.8 Å². The number of piperidine rings is 2. The number of nitrogens with zero attached hydrogens (tertiary/aromatic N) is 2. The summed E-state index contributed by atoms with van der Waals surface area (Å²) in [4.78, 5) is 28.2. The first-order valence-corrected chi connectivity index (χ1v) is 10.8. The van der Waals surface area contributed by atoms with Gasteiger partial charge in [0.1, 0.15) is 0 Å². The third-order valence-corrected chi connectivity index (χ3v) is 6.58. The second kappa shape index (κ2) is 8.80. The third kappa shape index (κ3) is 4.67. The summed E-state index contributed by atoms with van der Waals surface area (Å²) < 4.78 is 0. The highest BCUT2D eigenvalue weighted by Crippen LogP contribution is 2.33. The topological polar surface area (TPSA) is 64.7 Å². The molecule has 0 aliphatic carbocycles. The minimum atomic E-state index is -0.202. The number of halogens is 1. The molecule has 4 rings (SSSR count). The monoisotopic (exact) mass is 404 g/mol. The van der Waals surface area contributed by atoms with E-state index >= 15 is 0 Å². The number of anilines is 1. The molecular weight excluding hydrogens is 376 g/mol. The molecule has 0 aromatic heterocycles. The van der Waals surface area contributed by atoms with Crippen LogP contribution in [0.15, 0.2) is 18.2 Å². The number of hydrogen-bond acceptors (Lipinski definition) is 5. The van der Waals surface area contributed by atoms with Gasteiger partial charge in [0.15, 0.2) is 0 Å². The Morgan fingerprint density at radius 1 is 1.00 bits per heavy atom. The lowest BCUT2D eigenvalue weighted by atomic mass is 9.89. The molecule has 3 heterocycles. The molecule has 28 heavy (non-hydrogen) atoms. The Kier molecular flexibility index (Phi) is 6.19. The van der Waals surface area contributed by atoms with Gasteiger partial charge in [-0.2, -0.15) is 0 Å². The molecule has 7 heteroatoms. The third-order valence-electron chi connectivity index (χ3n) is 6.27. The summed E-state index contributed by atoms with van der Waals surface area (Å²) in [6.45, 7) is 7.61. The highest BCUT2D eigenvalue weighted by molar-refractivity contribution is 6.33. The van der Waals surface area contributed by atoms with Crippen LogP contribution < -0.4 is 15.5 Å². The van der Waals surface area contributed by atoms with Gasteiger partial charge in [-0.15, -0.1) is 0 Å². The minimum Gasteiger partial charge on any atom is -0.368 e. The van der Waals surface area contributed by atoms with Crippen molar-refractivity contribution in [3.05, 3.63) is 28.8 Å². The fourth-order valence-electron chi connectivity index (χ4n) is 4.65. The maximum atomic E-state index is 11.6. The molecule has 0 spiro atoms. The summed E-state index contributed by atoms with van der Waals surface area (Å²) in [6.07, 6.45) is 3.26. The second-order valence-electron chi connectivity index (χ2n) is 8.27. The van der Waals surface area contributed by atoms with Gasteiger partial charge in [-0.05, 0) is 49.5 Å². The molecular formula is C21H29ClN4O2. The Morgan fingerprint density at radius 2 is 1.68 bits per heavy atom. The predicted octanol–water partition coefficient (Wildman–Crippen LogP) is 1.98. The van der Waals surface area contributed by atoms with Gasteiger partial charge in [0.25, 0.3) is 0 Å². The lowest BCUT2D eigenvalue weighted by Gasteiger charge is -2.38. The molecule has 0 saturated carbocycles. The number of benzene rings is 1. The van der Waals surface area contributed by atoms with Crippen molar-refractivity contribution >= 4 is 29.1 Å². The van der Waals surface area contributed by atoms with E-state index in [1.807, 2.05) is 12.1 Å². The Morgan fingerprint density at radius 3 is 2.32 bits per heavy atom. The molecule has 6 nitrogen and oxygen atoms in total. The maximum Gasteiger partial charge on any atom is 0.227 e. The largest absolute Gasteiger partial charge is 0.368 e. The zero-order chi connectivity index (χ0) is 19.5. The zero-order valence-electron chi connectivity index (χ0n) is 16.3. The molecule has 152 valence electrons. The SMILES string of the molecule is O=C1CC(c2ccc(N3CCN(CC4CCNCC4)CC3)c(Cl)c2)CC(=O)N1. The van der Waals surface area contributed by atoms with Gasteiger partial charge in [-0.1, -0.05) is 17.7 Å². The van der Waals surface area contributed by atoms with Crippen molar-refractivity contribution in [2.45, 2.75) is 31.6 Å². The van der Waals surface area contributed by atoms with Crippen LogP contribution >= 0.6 is 11.6 Å². The summed E-state index contributed by atoms with van der Waals surface area (Å²) in [6, 6.07) is 6.02. The lowest BCUT2D eigenvalue weighted by molar-refractivity contribution is -0.133. The molecule has 1 aromatic rings. The number of rotatable bonds is 4. The maximum absolute atomic E-state index is 11.6. The van der Waals surface area contributed by atoms with Crippen LogP contribution in [0.1, 0.15) is 37.2 Å². The molecule has 0 radical (unpaired) electrons. The molecule has 2 amide bonds. The number of carbonyl (C=O) groups is 2. The first-order chi connectivity index (χ1) is 13.6. The highest BCUT2D eigenvalue weighted by Gasteiger charge is 2.27. The number of piperazine rings is 1. The van der Waals surface area contributed by atoms with Gasteiger partial charge < -0.3 is 10.2 Å². The average Bonchev–Trinajstić information content (AvgIpc) is 2.69. The second-order valence-corrected chi connectivity index (χ2v) is 8.68. The van der Waals surface area contributed by atoms with E-state index in [9.17, 15) is 9.59 Å². The molecule has 3 aliphatic heterocycles. The van der Waals surface area contributed by atoms with Gasteiger partial charge in [0.05, 0.1) is 10.7 Å². The van der Waals surface area contributed by atoms with Crippen LogP contribution in [0, 0.1) is 5.92 Å². The van der Waals surface area contributed by atoms with Crippen molar-refractivity contribution < 1.29 is 9.59 Å². The van der Waals surface area contributed by atoms with Gasteiger partial charge >= 0.3 is 0 Å². The van der Waals surface area contributed by atoms with Crippen LogP contribution in [0.2, 0.25) is 5.02 Å². The number of amides is 2. The molecule has 1 aromatic carbocycles. The van der Waals surface area contributed by atoms with E-state index in [1.54, 1.807) is 0 Å². The van der Waals surface area contributed by atoms with E-state index in [1.165, 1.54) is 19.4 Å². The van der Waals surface area contributed by atoms with E-state index in [0.29, 0.717) is 17.9 Å². The first kappa shape index (κ1) is 19.7. The van der Waals surface area contributed by atoms with Crippen LogP contribution in [0.5, 0.6) is 0 Å². The number of carbonyl (C=O) groups excluding carboxylic acids is 2. The minimum absolute atomic E-state index is 0.0744. The van der Waals surface area contributed by atoms with Gasteiger partial charge in [0.2, 0.25) is 11.8 Å². The van der Waals surface area contributed by atoms with Crippen LogP contribution in [-0.4, -0.2) is 62.5 Å². The van der Waals surface area contributed by atoms with Crippen LogP contribution in [0.25, 0.3) is 0 Å². The van der Waals surface area contributed by atoms with E-state index in [0.717, 1.165) is 56.4 Å². The Labute approximate surface area is 171 Å². The molecule has 2 N–H and O–H groups in total. The highest BCUT2D eigenvalue weighted by atomic mass is 35.5. The summed E-state index contributed by atoms with van der Waals surface area (Å²) in [5.41, 5.74) is 2.03. The number of imide groups is 1. The van der Waals surface area contributed by atoms with Gasteiger partial charge in [0, 0.05) is 51.5 Å². The van der Waals surface area contributed by atoms with Crippen LogP contribution in [-0.2, 0) is 9.59 Å². The molecule has 0 bridgehead atoms. The number of nitrogens with one attached hydrogen (secondary N) is 2. The summed E-state index contributed by atoms with van der Waals surface area (Å²) in [5, 5.41) is 6.51. The van der Waals surface area contributed by atoms with Crippen molar-refractivity contribution in [3.63, 3.8) is 0 Å². The van der Waals surface area contributed by atoms with Crippen molar-refractivity contribution in [1.29, 1.82) is 0 Å². The Hall–Kier alpha value is -1.63. The van der Waals surface area contributed by atoms with Crippen molar-refractivity contribution in [2.75, 3.05) is 50.7 Å². The molecule has 0 atom stereocenters. The lowest BCUT2D eigenvalue weighted by Crippen LogP contribution is -2.48. The molecule has 3 aliphatic rings. The smallest absolute Gasteiger partial charge is 0.227 e. The van der Waals surface area contributed by atoms with E-state index in [4.69, 9.17) is 11.6 Å². The molecule has 3 fully saturated rings. The standard InChI is InChI=1S/C21H29ClN4O2/c22-18-11-16(17-12-20(27)24-21(28)13-17)1-2-19(18)26-9-7-25(8-10-26)14-15-3-5-23-6-4-15/h1-2,11,15,17,23H,3-10,12-14H2,(H,24,27,28). The van der Waals surface area contributed by atoms with Crippen molar-refractivity contribution in [2.24, 2.45) is 5.92 Å². The predicted molar refractivity (Wildman–Crippen MR) is 111 cm³/mol. The van der Waals surface area contributed by atoms with Crippen LogP contribution in [0.3, 0.4) is 0 Å². The number of hydrogen-bond donors (Lipinski definition) is 2. The molecule has 3 saturated heterocycles. The normalized spacial score (nSPS) is 23.1. The summed E-state index contributed by atoms with van der Waals surface area (Å²) in [7, 11) is 0. The zero-order valence-corrected chi connectivity index (χ0v) is 17.0. The van der Waals surface area contributed by atoms with Crippen LogP contribution in [0.4, 0.5) is 5.69 Å². The van der Waals surface area contributed by atoms with Gasteiger partial charge in [-0.25, -0.2) is 0 Å². The van der Waals surface area contributed by atoms with E-state index in [-0.39, 0.29) is 17.7 Å². The first-order valence-electron chi connectivity index (χ1n) is 10.4. The Bertz CT molecular complexity index is 711.